The smallest absolute Gasteiger partial charge is 0.188 e. The lowest BCUT2D eigenvalue weighted by atomic mass is 10.4. The molecule has 0 N–H and O–H groups in total. The van der Waals surface area contributed by atoms with Gasteiger partial charge in [-0.05, 0) is 6.42 Å². The summed E-state index contributed by atoms with van der Waals surface area (Å²) in [6, 6.07) is 0. The third-order valence-electron chi connectivity index (χ3n) is 1.72. The summed E-state index contributed by atoms with van der Waals surface area (Å²) >= 11 is 0. The van der Waals surface area contributed by atoms with E-state index >= 15 is 0 Å². The van der Waals surface area contributed by atoms with Gasteiger partial charge in [0.2, 0.25) is 0 Å². The summed E-state index contributed by atoms with van der Waals surface area (Å²) in [5.41, 5.74) is 0. The topological polar surface area (TPSA) is 68.3 Å². The maximum Gasteiger partial charge on any atom is 0.188 e. The Bertz CT molecular complexity index is 365. The molecular formula is C8H14O4S2. The van der Waals surface area contributed by atoms with E-state index < -0.39 is 24.3 Å². The molecule has 0 unspecified atom stereocenters. The first kappa shape index (κ1) is 13.4. The van der Waals surface area contributed by atoms with Crippen LogP contribution in [0.4, 0.5) is 0 Å². The van der Waals surface area contributed by atoms with Crippen molar-refractivity contribution in [2.75, 3.05) is 0 Å². The lowest BCUT2D eigenvalue weighted by molar-refractivity contribution is 0.578. The average Bonchev–Trinajstić information content (AvgIpc) is 2.13. The van der Waals surface area contributed by atoms with Gasteiger partial charge in [0.05, 0.1) is 0 Å². The molecule has 0 spiro atoms. The van der Waals surface area contributed by atoms with E-state index in [-0.39, 0.29) is 6.42 Å². The Hall–Kier alpha value is -0.620. The summed E-state index contributed by atoms with van der Waals surface area (Å²) in [5.74, 6) is 0. The number of sulfone groups is 2. The standard InChI is InChI=1S/C8H14O4S2/c1-4-7-8(13(9,10)5-2)14(11,12)6-3/h5-6,8H,2-4,7H2,1H3. The van der Waals surface area contributed by atoms with Gasteiger partial charge in [-0.2, -0.15) is 0 Å². The summed E-state index contributed by atoms with van der Waals surface area (Å²) < 4.78 is 44.0. The van der Waals surface area contributed by atoms with Gasteiger partial charge in [0.25, 0.3) is 0 Å². The fraction of sp³-hybridized carbons (Fsp3) is 0.500. The van der Waals surface area contributed by atoms with E-state index in [0.29, 0.717) is 17.2 Å². The van der Waals surface area contributed by atoms with Crippen LogP contribution in [0.1, 0.15) is 19.8 Å². The molecule has 4 nitrogen and oxygen atoms in total. The van der Waals surface area contributed by atoms with Crippen LogP contribution in [0.3, 0.4) is 0 Å². The third kappa shape index (κ3) is 2.95. The van der Waals surface area contributed by atoms with Crippen molar-refractivity contribution in [3.63, 3.8) is 0 Å². The molecule has 0 saturated heterocycles. The molecular weight excluding hydrogens is 224 g/mol. The van der Waals surface area contributed by atoms with Crippen LogP contribution in [-0.4, -0.2) is 21.4 Å². The Balaban J connectivity index is 5.39. The normalized spacial score (nSPS) is 12.7. The highest BCUT2D eigenvalue weighted by molar-refractivity contribution is 8.11. The summed E-state index contributed by atoms with van der Waals surface area (Å²) in [6.07, 6.45) is 0.521. The fourth-order valence-electron chi connectivity index (χ4n) is 0.966. The minimum Gasteiger partial charge on any atom is -0.223 e. The van der Waals surface area contributed by atoms with E-state index in [0.717, 1.165) is 0 Å². The van der Waals surface area contributed by atoms with Crippen LogP contribution in [0.15, 0.2) is 24.0 Å². The van der Waals surface area contributed by atoms with Crippen LogP contribution in [0.2, 0.25) is 0 Å². The highest BCUT2D eigenvalue weighted by Gasteiger charge is 2.32. The van der Waals surface area contributed by atoms with Crippen molar-refractivity contribution >= 4 is 19.7 Å². The van der Waals surface area contributed by atoms with E-state index in [9.17, 15) is 16.8 Å². The van der Waals surface area contributed by atoms with Crippen LogP contribution in [0.25, 0.3) is 0 Å². The maximum atomic E-state index is 11.3. The Labute approximate surface area is 85.2 Å². The van der Waals surface area contributed by atoms with E-state index in [1.54, 1.807) is 6.92 Å². The lowest BCUT2D eigenvalue weighted by Gasteiger charge is -2.11. The minimum atomic E-state index is -3.79. The van der Waals surface area contributed by atoms with Crippen molar-refractivity contribution in [3.05, 3.63) is 24.0 Å². The van der Waals surface area contributed by atoms with Gasteiger partial charge in [-0.3, -0.25) is 0 Å². The van der Waals surface area contributed by atoms with Crippen molar-refractivity contribution in [1.82, 2.24) is 0 Å². The molecule has 14 heavy (non-hydrogen) atoms. The second-order valence-corrected chi connectivity index (χ2v) is 7.19. The zero-order valence-corrected chi connectivity index (χ0v) is 9.64. The van der Waals surface area contributed by atoms with Gasteiger partial charge in [-0.25, -0.2) is 16.8 Å². The summed E-state index contributed by atoms with van der Waals surface area (Å²) in [7, 11) is -7.58. The zero-order chi connectivity index (χ0) is 11.4. The maximum absolute atomic E-state index is 11.3. The second-order valence-electron chi connectivity index (χ2n) is 2.73. The van der Waals surface area contributed by atoms with Crippen LogP contribution in [0.5, 0.6) is 0 Å². The highest BCUT2D eigenvalue weighted by Crippen LogP contribution is 2.18. The van der Waals surface area contributed by atoms with E-state index in [4.69, 9.17) is 0 Å². The zero-order valence-electron chi connectivity index (χ0n) is 8.01. The van der Waals surface area contributed by atoms with Crippen molar-refractivity contribution < 1.29 is 16.8 Å². The Morgan fingerprint density at radius 1 is 1.07 bits per heavy atom. The van der Waals surface area contributed by atoms with Crippen LogP contribution in [0, 0.1) is 0 Å². The Kier molecular flexibility index (Phi) is 4.54. The van der Waals surface area contributed by atoms with Crippen LogP contribution < -0.4 is 0 Å². The SMILES string of the molecule is C=CS(=O)(=O)C(CCC)S(=O)(=O)C=C. The van der Waals surface area contributed by atoms with Gasteiger partial charge in [0.15, 0.2) is 24.3 Å². The van der Waals surface area contributed by atoms with E-state index in [1.165, 1.54) is 0 Å². The Morgan fingerprint density at radius 3 is 1.64 bits per heavy atom. The summed E-state index contributed by atoms with van der Waals surface area (Å²) in [5, 5.41) is 1.35. The van der Waals surface area contributed by atoms with Crippen molar-refractivity contribution in [2.45, 2.75) is 24.3 Å². The van der Waals surface area contributed by atoms with Gasteiger partial charge >= 0.3 is 0 Å². The molecule has 0 aromatic heterocycles. The largest absolute Gasteiger partial charge is 0.223 e. The first-order chi connectivity index (χ1) is 6.31. The molecule has 0 aromatic rings. The molecule has 6 heteroatoms. The highest BCUT2D eigenvalue weighted by atomic mass is 32.3. The predicted molar refractivity (Wildman–Crippen MR) is 56.9 cm³/mol. The van der Waals surface area contributed by atoms with Gasteiger partial charge in [0.1, 0.15) is 0 Å². The molecule has 0 aromatic carbocycles. The molecule has 0 bridgehead atoms. The van der Waals surface area contributed by atoms with Gasteiger partial charge in [-0.1, -0.05) is 26.5 Å². The number of hydrogen-bond donors (Lipinski definition) is 0. The quantitative estimate of drug-likeness (QED) is 0.698. The van der Waals surface area contributed by atoms with Crippen molar-refractivity contribution in [3.8, 4) is 0 Å². The molecule has 0 rings (SSSR count). The number of hydrogen-bond acceptors (Lipinski definition) is 4. The van der Waals surface area contributed by atoms with Crippen LogP contribution in [-0.2, 0) is 19.7 Å². The molecule has 82 valence electrons. The third-order valence-corrected chi connectivity index (χ3v) is 6.20. The molecule has 0 aliphatic carbocycles. The second kappa shape index (κ2) is 4.75. The predicted octanol–water partition coefficient (Wildman–Crippen LogP) is 1.23. The molecule has 0 atom stereocenters. The lowest BCUT2D eigenvalue weighted by Crippen LogP contribution is -2.27. The fourth-order valence-corrected chi connectivity index (χ4v) is 4.49. The van der Waals surface area contributed by atoms with Gasteiger partial charge < -0.3 is 0 Å². The molecule has 0 heterocycles. The number of rotatable bonds is 6. The van der Waals surface area contributed by atoms with Gasteiger partial charge in [0, 0.05) is 10.8 Å². The first-order valence-electron chi connectivity index (χ1n) is 4.04. The molecule has 0 aliphatic rings. The van der Waals surface area contributed by atoms with Crippen molar-refractivity contribution in [1.29, 1.82) is 0 Å². The van der Waals surface area contributed by atoms with Crippen LogP contribution >= 0.6 is 0 Å². The Morgan fingerprint density at radius 2 is 1.43 bits per heavy atom. The molecule has 0 aliphatic heterocycles. The molecule has 0 amide bonds. The average molecular weight is 238 g/mol. The van der Waals surface area contributed by atoms with E-state index in [2.05, 4.69) is 13.2 Å². The molecule has 0 fully saturated rings. The molecule has 0 saturated carbocycles. The van der Waals surface area contributed by atoms with E-state index in [1.807, 2.05) is 0 Å². The van der Waals surface area contributed by atoms with Crippen molar-refractivity contribution in [2.24, 2.45) is 0 Å². The molecule has 0 radical (unpaired) electrons. The first-order valence-corrected chi connectivity index (χ1v) is 7.26. The monoisotopic (exact) mass is 238 g/mol. The summed E-state index contributed by atoms with van der Waals surface area (Å²) in [4.78, 5) is 0. The minimum absolute atomic E-state index is 0.0582. The van der Waals surface area contributed by atoms with Gasteiger partial charge in [-0.15, -0.1) is 0 Å². The summed E-state index contributed by atoms with van der Waals surface area (Å²) in [6.45, 7) is 7.91.